The molecule has 156 valence electrons. The maximum absolute atomic E-state index is 13.0. The second kappa shape index (κ2) is 9.09. The van der Waals surface area contributed by atoms with Gasteiger partial charge >= 0.3 is 6.09 Å². The first-order chi connectivity index (χ1) is 12.5. The summed E-state index contributed by atoms with van der Waals surface area (Å²) in [5, 5.41) is 3.11. The van der Waals surface area contributed by atoms with Gasteiger partial charge in [0, 0.05) is 20.6 Å². The van der Waals surface area contributed by atoms with E-state index in [4.69, 9.17) is 9.47 Å². The molecule has 1 heterocycles. The number of ether oxygens (including phenoxy) is 2. The topological polar surface area (TPSA) is 67.9 Å². The van der Waals surface area contributed by atoms with Crippen LogP contribution in [0.1, 0.15) is 74.1 Å². The van der Waals surface area contributed by atoms with Gasteiger partial charge in [0.25, 0.3) is 0 Å². The molecule has 0 bridgehead atoms. The zero-order valence-corrected chi connectivity index (χ0v) is 18.3. The molecule has 0 aromatic carbocycles. The molecule has 1 N–H and O–H groups in total. The third-order valence-corrected chi connectivity index (χ3v) is 5.20. The van der Waals surface area contributed by atoms with Gasteiger partial charge in [0.05, 0.1) is 17.2 Å². The van der Waals surface area contributed by atoms with Crippen molar-refractivity contribution < 1.29 is 19.1 Å². The Bertz CT molecular complexity index is 555. The van der Waals surface area contributed by atoms with Crippen LogP contribution in [0.3, 0.4) is 0 Å². The summed E-state index contributed by atoms with van der Waals surface area (Å²) in [5.74, 6) is -0.140. The highest BCUT2D eigenvalue weighted by Gasteiger charge is 2.55. The summed E-state index contributed by atoms with van der Waals surface area (Å²) >= 11 is 0. The quantitative estimate of drug-likeness (QED) is 0.675. The molecule has 6 nitrogen and oxygen atoms in total. The normalized spacial score (nSPS) is 23.9. The molecule has 3 atom stereocenters. The highest BCUT2D eigenvalue weighted by atomic mass is 16.6. The van der Waals surface area contributed by atoms with E-state index >= 15 is 0 Å². The van der Waals surface area contributed by atoms with Crippen molar-refractivity contribution >= 4 is 12.0 Å². The number of carbonyl (C=O) groups excluding carboxylic acids is 2. The molecule has 0 spiro atoms. The average Bonchev–Trinajstić information content (AvgIpc) is 2.96. The number of nitrogens with zero attached hydrogens (tertiary/aromatic N) is 1. The highest BCUT2D eigenvalue weighted by Crippen LogP contribution is 2.41. The second-order valence-electron chi connectivity index (χ2n) is 8.63. The Labute approximate surface area is 164 Å². The number of likely N-dealkylation sites (tertiary alicyclic amines) is 1. The van der Waals surface area contributed by atoms with Crippen molar-refractivity contribution in [3.8, 4) is 0 Å². The minimum Gasteiger partial charge on any atom is -0.444 e. The molecular weight excluding hydrogens is 344 g/mol. The molecule has 0 aromatic heterocycles. The Morgan fingerprint density at radius 3 is 2.37 bits per heavy atom. The van der Waals surface area contributed by atoms with Crippen LogP contribution in [0.15, 0.2) is 12.2 Å². The Kier molecular flexibility index (Phi) is 7.90. The second-order valence-corrected chi connectivity index (χ2v) is 8.63. The molecule has 1 rings (SSSR count). The fourth-order valence-corrected chi connectivity index (χ4v) is 4.17. The van der Waals surface area contributed by atoms with Gasteiger partial charge in [-0.3, -0.25) is 9.69 Å². The van der Waals surface area contributed by atoms with E-state index in [1.54, 1.807) is 12.0 Å². The number of hydrogen-bond acceptors (Lipinski definition) is 4. The van der Waals surface area contributed by atoms with Crippen molar-refractivity contribution in [2.24, 2.45) is 0 Å². The van der Waals surface area contributed by atoms with Crippen LogP contribution in [0.25, 0.3) is 0 Å². The van der Waals surface area contributed by atoms with Crippen molar-refractivity contribution in [3.63, 3.8) is 0 Å². The smallest absolute Gasteiger partial charge is 0.411 e. The first-order valence-corrected chi connectivity index (χ1v) is 9.92. The molecule has 1 saturated heterocycles. The standard InChI is InChI=1S/C21H38N2O4/c1-9-12-20(7,26-8)17(22-16(3)24)21(13-10-2)14-11-15-23(21)18(25)27-19(4,5)6/h10,13,17H,9,11-12,14-15H2,1-8H3,(H,22,24)/t17-,20-,21-/m0/s1. The Balaban J connectivity index is 3.48. The first-order valence-electron chi connectivity index (χ1n) is 9.92. The molecule has 27 heavy (non-hydrogen) atoms. The number of nitrogens with one attached hydrogen (secondary N) is 1. The summed E-state index contributed by atoms with van der Waals surface area (Å²) in [7, 11) is 1.67. The lowest BCUT2D eigenvalue weighted by Crippen LogP contribution is -2.68. The van der Waals surface area contributed by atoms with E-state index in [0.717, 1.165) is 25.7 Å². The largest absolute Gasteiger partial charge is 0.444 e. The molecule has 1 aliphatic rings. The maximum atomic E-state index is 13.0. The molecule has 2 amide bonds. The molecular formula is C21H38N2O4. The molecule has 0 saturated carbocycles. The van der Waals surface area contributed by atoms with Gasteiger partial charge in [-0.15, -0.1) is 0 Å². The van der Waals surface area contributed by atoms with E-state index in [-0.39, 0.29) is 12.0 Å². The first kappa shape index (κ1) is 23.5. The van der Waals surface area contributed by atoms with Gasteiger partial charge in [-0.25, -0.2) is 4.79 Å². The van der Waals surface area contributed by atoms with E-state index in [1.807, 2.05) is 46.8 Å². The SMILES string of the molecule is CC=C[C@@]1([C@@H](NC(C)=O)[C@](C)(CCC)OC)CCCN1C(=O)OC(C)(C)C. The minimum absolute atomic E-state index is 0.140. The van der Waals surface area contributed by atoms with E-state index in [1.165, 1.54) is 6.92 Å². The van der Waals surface area contributed by atoms with Crippen LogP contribution in [0, 0.1) is 0 Å². The summed E-state index contributed by atoms with van der Waals surface area (Å²) in [6, 6.07) is -0.390. The van der Waals surface area contributed by atoms with Gasteiger partial charge < -0.3 is 14.8 Å². The van der Waals surface area contributed by atoms with Gasteiger partial charge in [0.1, 0.15) is 5.60 Å². The molecule has 1 fully saturated rings. The average molecular weight is 383 g/mol. The maximum Gasteiger partial charge on any atom is 0.411 e. The molecule has 0 unspecified atom stereocenters. The van der Waals surface area contributed by atoms with Gasteiger partial charge in [-0.1, -0.05) is 25.5 Å². The Morgan fingerprint density at radius 1 is 1.30 bits per heavy atom. The lowest BCUT2D eigenvalue weighted by atomic mass is 9.75. The van der Waals surface area contributed by atoms with Crippen LogP contribution in [0.5, 0.6) is 0 Å². The van der Waals surface area contributed by atoms with Crippen molar-refractivity contribution in [1.29, 1.82) is 0 Å². The van der Waals surface area contributed by atoms with Crippen LogP contribution in [0.2, 0.25) is 0 Å². The van der Waals surface area contributed by atoms with Crippen molar-refractivity contribution in [1.82, 2.24) is 10.2 Å². The van der Waals surface area contributed by atoms with Crippen LogP contribution < -0.4 is 5.32 Å². The van der Waals surface area contributed by atoms with Crippen LogP contribution >= 0.6 is 0 Å². The molecule has 6 heteroatoms. The third kappa shape index (κ3) is 5.47. The van der Waals surface area contributed by atoms with Gasteiger partial charge in [0.15, 0.2) is 0 Å². The number of rotatable bonds is 7. The summed E-state index contributed by atoms with van der Waals surface area (Å²) in [6.07, 6.45) is 6.85. The van der Waals surface area contributed by atoms with E-state index in [0.29, 0.717) is 6.54 Å². The minimum atomic E-state index is -0.692. The zero-order chi connectivity index (χ0) is 20.9. The Hall–Kier alpha value is -1.56. The molecule has 1 aliphatic heterocycles. The molecule has 0 aromatic rings. The summed E-state index contributed by atoms with van der Waals surface area (Å²) < 4.78 is 11.6. The van der Waals surface area contributed by atoms with Crippen LogP contribution in [-0.2, 0) is 14.3 Å². The fraction of sp³-hybridized carbons (Fsp3) is 0.810. The summed E-state index contributed by atoms with van der Waals surface area (Å²) in [4.78, 5) is 26.9. The number of methoxy groups -OCH3 is 1. The van der Waals surface area contributed by atoms with E-state index < -0.39 is 22.8 Å². The highest BCUT2D eigenvalue weighted by molar-refractivity contribution is 5.75. The van der Waals surface area contributed by atoms with Crippen molar-refractivity contribution in [2.75, 3.05) is 13.7 Å². The number of allylic oxidation sites excluding steroid dienone is 1. The van der Waals surface area contributed by atoms with Gasteiger partial charge in [-0.05, 0) is 53.9 Å². The Morgan fingerprint density at radius 2 is 1.93 bits per heavy atom. The van der Waals surface area contributed by atoms with E-state index in [9.17, 15) is 9.59 Å². The number of carbonyl (C=O) groups is 2. The summed E-state index contributed by atoms with van der Waals surface area (Å²) in [6.45, 7) is 13.7. The van der Waals surface area contributed by atoms with Crippen LogP contribution in [-0.4, -0.2) is 53.3 Å². The number of amides is 2. The lowest BCUT2D eigenvalue weighted by Gasteiger charge is -2.49. The van der Waals surface area contributed by atoms with Gasteiger partial charge in [-0.2, -0.15) is 0 Å². The zero-order valence-electron chi connectivity index (χ0n) is 18.3. The molecule has 0 aliphatic carbocycles. The van der Waals surface area contributed by atoms with Crippen LogP contribution in [0.4, 0.5) is 4.79 Å². The summed E-state index contributed by atoms with van der Waals surface area (Å²) in [5.41, 5.74) is -1.90. The predicted molar refractivity (Wildman–Crippen MR) is 108 cm³/mol. The molecule has 0 radical (unpaired) electrons. The monoisotopic (exact) mass is 382 g/mol. The number of hydrogen-bond donors (Lipinski definition) is 1. The van der Waals surface area contributed by atoms with Crippen molar-refractivity contribution in [2.45, 2.75) is 96.9 Å². The predicted octanol–water partition coefficient (Wildman–Crippen LogP) is 4.04. The fourth-order valence-electron chi connectivity index (χ4n) is 4.17. The van der Waals surface area contributed by atoms with E-state index in [2.05, 4.69) is 12.2 Å². The lowest BCUT2D eigenvalue weighted by molar-refractivity contribution is -0.126. The van der Waals surface area contributed by atoms with Crippen molar-refractivity contribution in [3.05, 3.63) is 12.2 Å². The third-order valence-electron chi connectivity index (χ3n) is 5.20. The van der Waals surface area contributed by atoms with Gasteiger partial charge in [0.2, 0.25) is 5.91 Å².